The van der Waals surface area contributed by atoms with E-state index < -0.39 is 5.97 Å². The van der Waals surface area contributed by atoms with Crippen LogP contribution < -0.4 is 5.73 Å². The van der Waals surface area contributed by atoms with Crippen molar-refractivity contribution in [2.75, 3.05) is 19.6 Å². The number of ether oxygens (including phenoxy) is 2. The minimum absolute atomic E-state index is 0.147. The summed E-state index contributed by atoms with van der Waals surface area (Å²) >= 11 is 3.35. The molecule has 0 saturated carbocycles. The van der Waals surface area contributed by atoms with Crippen molar-refractivity contribution in [3.05, 3.63) is 63.6 Å². The molecule has 6 heteroatoms. The maximum atomic E-state index is 12.4. The van der Waals surface area contributed by atoms with E-state index in [-0.39, 0.29) is 24.6 Å². The summed E-state index contributed by atoms with van der Waals surface area (Å²) in [6, 6.07) is 11.9. The molecule has 0 aromatic heterocycles. The van der Waals surface area contributed by atoms with E-state index in [1.807, 2.05) is 24.3 Å². The van der Waals surface area contributed by atoms with Crippen molar-refractivity contribution in [2.24, 2.45) is 0 Å². The Kier molecular flexibility index (Phi) is 5.90. The van der Waals surface area contributed by atoms with E-state index >= 15 is 0 Å². The number of carbonyl (C=O) groups excluding carboxylic acids is 2. The summed E-state index contributed by atoms with van der Waals surface area (Å²) in [5, 5.41) is 0. The molecule has 2 rings (SSSR count). The van der Waals surface area contributed by atoms with Crippen molar-refractivity contribution < 1.29 is 19.1 Å². The van der Waals surface area contributed by atoms with E-state index in [0.29, 0.717) is 11.3 Å². The van der Waals surface area contributed by atoms with E-state index in [1.54, 1.807) is 0 Å². The summed E-state index contributed by atoms with van der Waals surface area (Å²) in [4.78, 5) is 24.3. The number of esters is 1. The van der Waals surface area contributed by atoms with Gasteiger partial charge in [0.2, 0.25) is 0 Å². The van der Waals surface area contributed by atoms with Crippen LogP contribution in [0.25, 0.3) is 0 Å². The van der Waals surface area contributed by atoms with Gasteiger partial charge in [-0.15, -0.1) is 0 Å². The molecule has 0 aliphatic rings. The minimum Gasteiger partial charge on any atom is -0.435 e. The minimum atomic E-state index is -0.565. The van der Waals surface area contributed by atoms with E-state index in [9.17, 15) is 9.59 Å². The zero-order valence-corrected chi connectivity index (χ0v) is 14.1. The largest absolute Gasteiger partial charge is 0.435 e. The highest BCUT2D eigenvalue weighted by Crippen LogP contribution is 2.19. The van der Waals surface area contributed by atoms with Gasteiger partial charge < -0.3 is 15.2 Å². The highest BCUT2D eigenvalue weighted by molar-refractivity contribution is 9.10. The Bertz CT molecular complexity index is 713. The molecule has 2 aromatic carbocycles. The summed E-state index contributed by atoms with van der Waals surface area (Å²) in [6.07, 6.45) is 0.202. The highest BCUT2D eigenvalue weighted by Gasteiger charge is 2.15. The Morgan fingerprint density at radius 3 is 2.48 bits per heavy atom. The third kappa shape index (κ3) is 4.64. The number of ketones is 1. The normalized spacial score (nSPS) is 10.3. The molecule has 0 radical (unpaired) electrons. The molecule has 0 fully saturated rings. The summed E-state index contributed by atoms with van der Waals surface area (Å²) in [5.74, 6) is -0.726. The summed E-state index contributed by atoms with van der Waals surface area (Å²) in [5.41, 5.74) is 7.62. The maximum absolute atomic E-state index is 12.4. The summed E-state index contributed by atoms with van der Waals surface area (Å²) in [7, 11) is 1.42. The molecule has 0 unspecified atom stereocenters. The van der Waals surface area contributed by atoms with Crippen LogP contribution in [-0.4, -0.2) is 25.7 Å². The van der Waals surface area contributed by atoms with Crippen molar-refractivity contribution in [3.8, 4) is 0 Å². The third-order valence-corrected chi connectivity index (χ3v) is 3.70. The van der Waals surface area contributed by atoms with Crippen LogP contribution >= 0.6 is 15.9 Å². The molecule has 0 amide bonds. The van der Waals surface area contributed by atoms with Crippen molar-refractivity contribution in [2.45, 2.75) is 6.42 Å². The van der Waals surface area contributed by atoms with Crippen LogP contribution in [0.15, 0.2) is 46.9 Å². The van der Waals surface area contributed by atoms with Gasteiger partial charge in [0.15, 0.2) is 12.6 Å². The number of rotatable bonds is 6. The molecule has 2 N–H and O–H groups in total. The molecule has 120 valence electrons. The number of hydrogen-bond donors (Lipinski definition) is 1. The number of Topliss-reactive ketones (excluding diaryl/α,β-unsaturated/α-hetero) is 1. The standard InChI is InChI=1S/C17H16BrNO4/c1-22-10-23-17(21)12-4-7-15(19)14(9-12)16(20)8-11-2-5-13(18)6-3-11/h2-7,9H,8,10,19H2,1H3. The summed E-state index contributed by atoms with van der Waals surface area (Å²) in [6.45, 7) is -0.147. The SMILES string of the molecule is COCOC(=O)c1ccc(N)c(C(=O)Cc2ccc(Br)cc2)c1. The van der Waals surface area contributed by atoms with Crippen LogP contribution in [0.1, 0.15) is 26.3 Å². The highest BCUT2D eigenvalue weighted by atomic mass is 79.9. The lowest BCUT2D eigenvalue weighted by atomic mass is 9.99. The van der Waals surface area contributed by atoms with Gasteiger partial charge in [0, 0.05) is 29.3 Å². The second-order valence-corrected chi connectivity index (χ2v) is 5.78. The summed E-state index contributed by atoms with van der Waals surface area (Å²) < 4.78 is 10.5. The Morgan fingerprint density at radius 2 is 1.83 bits per heavy atom. The lowest BCUT2D eigenvalue weighted by Gasteiger charge is -2.08. The first-order valence-corrected chi connectivity index (χ1v) is 7.64. The van der Waals surface area contributed by atoms with Crippen molar-refractivity contribution in [1.82, 2.24) is 0 Å². The van der Waals surface area contributed by atoms with Crippen LogP contribution in [-0.2, 0) is 15.9 Å². The molecular formula is C17H16BrNO4. The number of benzene rings is 2. The van der Waals surface area contributed by atoms with Crippen LogP contribution in [0.4, 0.5) is 5.69 Å². The van der Waals surface area contributed by atoms with Gasteiger partial charge in [-0.05, 0) is 35.9 Å². The number of nitrogen functional groups attached to an aromatic ring is 1. The predicted octanol–water partition coefficient (Wildman–Crippen LogP) is 3.22. The van der Waals surface area contributed by atoms with Crippen molar-refractivity contribution in [1.29, 1.82) is 0 Å². The molecule has 0 atom stereocenters. The van der Waals surface area contributed by atoms with Gasteiger partial charge in [-0.2, -0.15) is 0 Å². The molecule has 0 saturated heterocycles. The van der Waals surface area contributed by atoms with E-state index in [2.05, 4.69) is 20.7 Å². The van der Waals surface area contributed by atoms with Crippen LogP contribution in [0.5, 0.6) is 0 Å². The second kappa shape index (κ2) is 7.89. The molecular weight excluding hydrogens is 362 g/mol. The number of halogens is 1. The average molecular weight is 378 g/mol. The third-order valence-electron chi connectivity index (χ3n) is 3.18. The average Bonchev–Trinajstić information content (AvgIpc) is 2.55. The number of anilines is 1. The van der Waals surface area contributed by atoms with Gasteiger partial charge in [0.1, 0.15) is 0 Å². The molecule has 0 spiro atoms. The number of methoxy groups -OCH3 is 1. The van der Waals surface area contributed by atoms with Gasteiger partial charge in [-0.1, -0.05) is 28.1 Å². The number of hydrogen-bond acceptors (Lipinski definition) is 5. The molecule has 0 bridgehead atoms. The second-order valence-electron chi connectivity index (χ2n) is 4.87. The first-order chi connectivity index (χ1) is 11.0. The van der Waals surface area contributed by atoms with E-state index in [4.69, 9.17) is 10.5 Å². The Hall–Kier alpha value is -2.18. The number of carbonyl (C=O) groups is 2. The van der Waals surface area contributed by atoms with Crippen LogP contribution in [0.3, 0.4) is 0 Å². The van der Waals surface area contributed by atoms with Gasteiger partial charge in [-0.25, -0.2) is 4.79 Å². The zero-order chi connectivity index (χ0) is 16.8. The van der Waals surface area contributed by atoms with E-state index in [1.165, 1.54) is 25.3 Å². The van der Waals surface area contributed by atoms with Crippen LogP contribution in [0, 0.1) is 0 Å². The lowest BCUT2D eigenvalue weighted by Crippen LogP contribution is -2.11. The molecule has 23 heavy (non-hydrogen) atoms. The van der Waals surface area contributed by atoms with Crippen molar-refractivity contribution in [3.63, 3.8) is 0 Å². The molecule has 5 nitrogen and oxygen atoms in total. The molecule has 0 aliphatic heterocycles. The van der Waals surface area contributed by atoms with Crippen molar-refractivity contribution >= 4 is 33.4 Å². The quantitative estimate of drug-likeness (QED) is 0.361. The fraction of sp³-hybridized carbons (Fsp3) is 0.176. The predicted molar refractivity (Wildman–Crippen MR) is 90.3 cm³/mol. The van der Waals surface area contributed by atoms with Gasteiger partial charge >= 0.3 is 5.97 Å². The van der Waals surface area contributed by atoms with Gasteiger partial charge in [0.05, 0.1) is 5.56 Å². The first kappa shape index (κ1) is 17.2. The first-order valence-electron chi connectivity index (χ1n) is 6.84. The topological polar surface area (TPSA) is 78.6 Å². The zero-order valence-electron chi connectivity index (χ0n) is 12.5. The monoisotopic (exact) mass is 377 g/mol. The smallest absolute Gasteiger partial charge is 0.340 e. The van der Waals surface area contributed by atoms with E-state index in [0.717, 1.165) is 10.0 Å². The molecule has 0 heterocycles. The van der Waals surface area contributed by atoms with Gasteiger partial charge in [0.25, 0.3) is 0 Å². The van der Waals surface area contributed by atoms with Crippen LogP contribution in [0.2, 0.25) is 0 Å². The Morgan fingerprint density at radius 1 is 1.13 bits per heavy atom. The molecule has 2 aromatic rings. The lowest BCUT2D eigenvalue weighted by molar-refractivity contribution is -0.0125. The Balaban J connectivity index is 2.18. The molecule has 0 aliphatic carbocycles. The fourth-order valence-electron chi connectivity index (χ4n) is 2.00. The van der Waals surface area contributed by atoms with Gasteiger partial charge in [-0.3, -0.25) is 4.79 Å². The number of nitrogens with two attached hydrogens (primary N) is 1. The fourth-order valence-corrected chi connectivity index (χ4v) is 2.27. The maximum Gasteiger partial charge on any atom is 0.340 e. The Labute approximate surface area is 142 Å².